The molecule has 0 aliphatic heterocycles. The minimum atomic E-state index is -4.14. The first kappa shape index (κ1) is 17.9. The molecular weight excluding hydrogens is 318 g/mol. The van der Waals surface area contributed by atoms with E-state index in [1.807, 2.05) is 13.8 Å². The molecular formula is C13H18F2N2O2S2. The van der Waals surface area contributed by atoms with Gasteiger partial charge in [-0.2, -0.15) is 4.31 Å². The van der Waals surface area contributed by atoms with Crippen LogP contribution in [0.25, 0.3) is 0 Å². The van der Waals surface area contributed by atoms with Crippen LogP contribution in [0, 0.1) is 17.6 Å². The number of thiocarbonyl (C=S) groups is 1. The minimum Gasteiger partial charge on any atom is -0.393 e. The summed E-state index contributed by atoms with van der Waals surface area (Å²) in [5.41, 5.74) is 5.38. The van der Waals surface area contributed by atoms with E-state index in [1.54, 1.807) is 0 Å². The lowest BCUT2D eigenvalue weighted by Gasteiger charge is -2.24. The highest BCUT2D eigenvalue weighted by molar-refractivity contribution is 7.89. The number of nitrogens with zero attached hydrogens (tertiary/aromatic N) is 1. The van der Waals surface area contributed by atoms with Crippen LogP contribution in [0.4, 0.5) is 8.78 Å². The normalized spacial score (nSPS) is 12.1. The Kier molecular flexibility index (Phi) is 6.18. The molecule has 0 aromatic heterocycles. The fourth-order valence-corrected chi connectivity index (χ4v) is 3.54. The van der Waals surface area contributed by atoms with Gasteiger partial charge in [0.05, 0.1) is 4.99 Å². The van der Waals surface area contributed by atoms with E-state index in [0.29, 0.717) is 6.07 Å². The summed E-state index contributed by atoms with van der Waals surface area (Å²) in [6.45, 7) is 3.85. The Morgan fingerprint density at radius 3 is 2.52 bits per heavy atom. The maximum Gasteiger partial charge on any atom is 0.246 e. The highest BCUT2D eigenvalue weighted by Gasteiger charge is 2.28. The second kappa shape index (κ2) is 7.24. The van der Waals surface area contributed by atoms with Gasteiger partial charge < -0.3 is 5.73 Å². The number of hydrogen-bond donors (Lipinski definition) is 1. The van der Waals surface area contributed by atoms with Crippen molar-refractivity contribution in [2.24, 2.45) is 11.7 Å². The first-order chi connectivity index (χ1) is 9.64. The molecule has 118 valence electrons. The molecule has 0 aliphatic rings. The molecule has 0 atom stereocenters. The Labute approximate surface area is 129 Å². The molecule has 1 aromatic carbocycles. The molecule has 0 saturated carbocycles. The molecule has 0 aliphatic carbocycles. The molecule has 0 amide bonds. The van der Waals surface area contributed by atoms with E-state index in [1.165, 1.54) is 0 Å². The number of sulfonamides is 1. The second-order valence-corrected chi connectivity index (χ2v) is 7.48. The molecule has 1 rings (SSSR count). The van der Waals surface area contributed by atoms with Gasteiger partial charge in [-0.25, -0.2) is 17.2 Å². The molecule has 0 fully saturated rings. The lowest BCUT2D eigenvalue weighted by Crippen LogP contribution is -2.37. The van der Waals surface area contributed by atoms with Crippen LogP contribution in [0.5, 0.6) is 0 Å². The molecule has 1 aromatic rings. The molecule has 2 N–H and O–H groups in total. The van der Waals surface area contributed by atoms with Gasteiger partial charge in [0.15, 0.2) is 0 Å². The lowest BCUT2D eigenvalue weighted by molar-refractivity contribution is 0.372. The molecule has 0 radical (unpaired) electrons. The van der Waals surface area contributed by atoms with Crippen molar-refractivity contribution < 1.29 is 17.2 Å². The van der Waals surface area contributed by atoms with Gasteiger partial charge in [0, 0.05) is 19.5 Å². The number of nitrogens with two attached hydrogens (primary N) is 1. The quantitative estimate of drug-likeness (QED) is 0.776. The zero-order valence-corrected chi connectivity index (χ0v) is 13.5. The second-order valence-electron chi connectivity index (χ2n) is 5.05. The van der Waals surface area contributed by atoms with Crippen LogP contribution >= 0.6 is 12.2 Å². The fraction of sp³-hybridized carbons (Fsp3) is 0.462. The zero-order chi connectivity index (χ0) is 16.2. The van der Waals surface area contributed by atoms with Gasteiger partial charge >= 0.3 is 0 Å². The molecule has 21 heavy (non-hydrogen) atoms. The zero-order valence-electron chi connectivity index (χ0n) is 11.8. The van der Waals surface area contributed by atoms with Gasteiger partial charge in [0.25, 0.3) is 0 Å². The topological polar surface area (TPSA) is 63.4 Å². The smallest absolute Gasteiger partial charge is 0.246 e. The molecule has 4 nitrogen and oxygen atoms in total. The van der Waals surface area contributed by atoms with Crippen LogP contribution in [0.3, 0.4) is 0 Å². The summed E-state index contributed by atoms with van der Waals surface area (Å²) in [5, 5.41) is 0. The van der Waals surface area contributed by atoms with Crippen molar-refractivity contribution in [1.29, 1.82) is 0 Å². The molecule has 0 bridgehead atoms. The summed E-state index contributed by atoms with van der Waals surface area (Å²) in [7, 11) is -4.14. The Morgan fingerprint density at radius 1 is 1.38 bits per heavy atom. The van der Waals surface area contributed by atoms with Crippen molar-refractivity contribution in [2.45, 2.75) is 25.2 Å². The van der Waals surface area contributed by atoms with E-state index in [2.05, 4.69) is 0 Å². The van der Waals surface area contributed by atoms with Gasteiger partial charge in [-0.05, 0) is 24.1 Å². The van der Waals surface area contributed by atoms with Crippen LogP contribution < -0.4 is 5.73 Å². The molecule has 0 unspecified atom stereocenters. The van der Waals surface area contributed by atoms with E-state index >= 15 is 0 Å². The summed E-state index contributed by atoms with van der Waals surface area (Å²) in [4.78, 5) is -0.509. The van der Waals surface area contributed by atoms with Crippen LogP contribution in [-0.4, -0.2) is 30.8 Å². The third-order valence-electron chi connectivity index (χ3n) is 2.69. The largest absolute Gasteiger partial charge is 0.393 e. The van der Waals surface area contributed by atoms with Crippen LogP contribution in [0.15, 0.2) is 23.1 Å². The molecule has 0 spiro atoms. The van der Waals surface area contributed by atoms with Crippen LogP contribution in [-0.2, 0) is 10.0 Å². The van der Waals surface area contributed by atoms with Gasteiger partial charge in [-0.3, -0.25) is 0 Å². The first-order valence-electron chi connectivity index (χ1n) is 6.38. The third kappa shape index (κ3) is 4.98. The first-order valence-corrected chi connectivity index (χ1v) is 8.23. The SMILES string of the molecule is CC(C)CN(CCC(N)=S)S(=O)(=O)c1cc(F)ccc1F. The van der Waals surface area contributed by atoms with Crippen molar-refractivity contribution in [3.63, 3.8) is 0 Å². The van der Waals surface area contributed by atoms with Gasteiger partial charge in [-0.15, -0.1) is 0 Å². The van der Waals surface area contributed by atoms with E-state index in [0.717, 1.165) is 16.4 Å². The Balaban J connectivity index is 3.19. The van der Waals surface area contributed by atoms with Gasteiger partial charge in [-0.1, -0.05) is 26.1 Å². The Hall–Kier alpha value is -1.12. The number of benzene rings is 1. The van der Waals surface area contributed by atoms with E-state index in [9.17, 15) is 17.2 Å². The third-order valence-corrected chi connectivity index (χ3v) is 4.77. The lowest BCUT2D eigenvalue weighted by atomic mass is 10.2. The molecule has 0 heterocycles. The summed E-state index contributed by atoms with van der Waals surface area (Å²) >= 11 is 4.74. The average molecular weight is 336 g/mol. The predicted octanol–water partition coefficient (Wildman–Crippen LogP) is 2.29. The summed E-state index contributed by atoms with van der Waals surface area (Å²) in [6.07, 6.45) is 0.179. The Bertz CT molecular complexity index is 619. The van der Waals surface area contributed by atoms with Crippen molar-refractivity contribution in [1.82, 2.24) is 4.31 Å². The maximum absolute atomic E-state index is 13.7. The van der Waals surface area contributed by atoms with E-state index in [-0.39, 0.29) is 30.4 Å². The number of rotatable bonds is 7. The highest BCUT2D eigenvalue weighted by Crippen LogP contribution is 2.21. The van der Waals surface area contributed by atoms with Crippen molar-refractivity contribution in [3.8, 4) is 0 Å². The molecule has 0 saturated heterocycles. The summed E-state index contributed by atoms with van der Waals surface area (Å²) < 4.78 is 53.0. The minimum absolute atomic E-state index is 0.0164. The van der Waals surface area contributed by atoms with Crippen molar-refractivity contribution in [3.05, 3.63) is 29.8 Å². The Morgan fingerprint density at radius 2 is 2.00 bits per heavy atom. The van der Waals surface area contributed by atoms with Crippen LogP contribution in [0.2, 0.25) is 0 Å². The molecule has 8 heteroatoms. The maximum atomic E-state index is 13.7. The van der Waals surface area contributed by atoms with Crippen molar-refractivity contribution >= 4 is 27.2 Å². The number of hydrogen-bond acceptors (Lipinski definition) is 3. The highest BCUT2D eigenvalue weighted by atomic mass is 32.2. The van der Waals surface area contributed by atoms with Gasteiger partial charge in [0.1, 0.15) is 16.5 Å². The monoisotopic (exact) mass is 336 g/mol. The number of halogens is 2. The van der Waals surface area contributed by atoms with Gasteiger partial charge in [0.2, 0.25) is 10.0 Å². The van der Waals surface area contributed by atoms with Crippen molar-refractivity contribution in [2.75, 3.05) is 13.1 Å². The van der Waals surface area contributed by atoms with E-state index < -0.39 is 26.6 Å². The van der Waals surface area contributed by atoms with E-state index in [4.69, 9.17) is 18.0 Å². The summed E-state index contributed by atoms with van der Waals surface area (Å²) in [6, 6.07) is 2.35. The van der Waals surface area contributed by atoms with Crippen LogP contribution in [0.1, 0.15) is 20.3 Å². The average Bonchev–Trinajstić information content (AvgIpc) is 2.36. The fourth-order valence-electron chi connectivity index (χ4n) is 1.77. The predicted molar refractivity (Wildman–Crippen MR) is 81.4 cm³/mol. The summed E-state index contributed by atoms with van der Waals surface area (Å²) in [5.74, 6) is -1.78. The standard InChI is InChI=1S/C13H18F2N2O2S2/c1-9(2)8-17(6-5-13(16)20)21(18,19)12-7-10(14)3-4-11(12)15/h3-4,7,9H,5-6,8H2,1-2H3,(H2,16,20).